The van der Waals surface area contributed by atoms with Crippen molar-refractivity contribution in [1.82, 2.24) is 9.62 Å². The van der Waals surface area contributed by atoms with Crippen LogP contribution in [-0.2, 0) is 14.8 Å². The predicted molar refractivity (Wildman–Crippen MR) is 117 cm³/mol. The van der Waals surface area contributed by atoms with Crippen molar-refractivity contribution >= 4 is 27.7 Å². The van der Waals surface area contributed by atoms with Gasteiger partial charge in [-0.05, 0) is 49.1 Å². The summed E-state index contributed by atoms with van der Waals surface area (Å²) in [6.07, 6.45) is 1.86. The van der Waals surface area contributed by atoms with Crippen molar-refractivity contribution in [2.24, 2.45) is 0 Å². The van der Waals surface area contributed by atoms with Crippen LogP contribution in [0.4, 0.5) is 0 Å². The van der Waals surface area contributed by atoms with Gasteiger partial charge in [0, 0.05) is 24.5 Å². The van der Waals surface area contributed by atoms with Gasteiger partial charge >= 0.3 is 0 Å². The maximum atomic E-state index is 12.9. The molecule has 0 radical (unpaired) electrons. The van der Waals surface area contributed by atoms with Gasteiger partial charge in [0.1, 0.15) is 12.4 Å². The number of carbonyl (C=O) groups excluding carboxylic acids is 1. The van der Waals surface area contributed by atoms with Gasteiger partial charge in [-0.25, -0.2) is 13.1 Å². The van der Waals surface area contributed by atoms with Gasteiger partial charge < -0.3 is 14.4 Å². The summed E-state index contributed by atoms with van der Waals surface area (Å²) in [5.41, 5.74) is 1.46. The van der Waals surface area contributed by atoms with Crippen molar-refractivity contribution in [3.63, 3.8) is 0 Å². The summed E-state index contributed by atoms with van der Waals surface area (Å²) in [6, 6.07) is 12.2. The van der Waals surface area contributed by atoms with Crippen LogP contribution in [0.15, 0.2) is 52.3 Å². The fourth-order valence-corrected chi connectivity index (χ4v) is 4.70. The van der Waals surface area contributed by atoms with Crippen LogP contribution in [0.2, 0.25) is 0 Å². The van der Waals surface area contributed by atoms with Crippen molar-refractivity contribution in [3.05, 3.63) is 53.6 Å². The Bertz CT molecular complexity index is 989. The van der Waals surface area contributed by atoms with E-state index in [1.807, 2.05) is 37.4 Å². The Labute approximate surface area is 181 Å². The minimum Gasteiger partial charge on any atom is -0.492 e. The van der Waals surface area contributed by atoms with E-state index in [2.05, 4.69) is 4.72 Å². The molecule has 1 aliphatic heterocycles. The molecule has 0 bridgehead atoms. The van der Waals surface area contributed by atoms with E-state index in [0.29, 0.717) is 37.6 Å². The first-order valence-corrected chi connectivity index (χ1v) is 12.4. The zero-order valence-corrected chi connectivity index (χ0v) is 18.7. The van der Waals surface area contributed by atoms with Crippen molar-refractivity contribution in [2.45, 2.75) is 16.7 Å². The van der Waals surface area contributed by atoms with Gasteiger partial charge in [-0.1, -0.05) is 12.1 Å². The number of carbonyl (C=O) groups is 1. The number of thioether (sulfide) groups is 1. The van der Waals surface area contributed by atoms with Crippen LogP contribution in [-0.4, -0.2) is 64.9 Å². The standard InChI is InChI=1S/C21H26N2O5S2/c1-16-4-3-5-17(14-16)28-11-8-22-30(25,26)18-6-7-20(29-2)19(15-18)21(24)23-9-12-27-13-10-23/h3-7,14-15,22H,8-13H2,1-2H3. The molecule has 7 nitrogen and oxygen atoms in total. The highest BCUT2D eigenvalue weighted by Crippen LogP contribution is 2.25. The highest BCUT2D eigenvalue weighted by atomic mass is 32.2. The van der Waals surface area contributed by atoms with Crippen molar-refractivity contribution in [2.75, 3.05) is 45.7 Å². The number of rotatable bonds is 8. The van der Waals surface area contributed by atoms with Crippen LogP contribution in [0.1, 0.15) is 15.9 Å². The van der Waals surface area contributed by atoms with Gasteiger partial charge in [0.15, 0.2) is 0 Å². The molecule has 0 saturated carbocycles. The summed E-state index contributed by atoms with van der Waals surface area (Å²) in [6.45, 7) is 4.25. The Kier molecular flexibility index (Phi) is 7.76. The molecule has 0 spiro atoms. The Balaban J connectivity index is 1.68. The lowest BCUT2D eigenvalue weighted by molar-refractivity contribution is 0.0300. The minimum absolute atomic E-state index is 0.0625. The number of sulfonamides is 1. The zero-order valence-electron chi connectivity index (χ0n) is 17.1. The monoisotopic (exact) mass is 450 g/mol. The van der Waals surface area contributed by atoms with Gasteiger partial charge in [0.25, 0.3) is 5.91 Å². The number of ether oxygens (including phenoxy) is 2. The molecule has 162 valence electrons. The van der Waals surface area contributed by atoms with Gasteiger partial charge in [-0.3, -0.25) is 4.79 Å². The van der Waals surface area contributed by atoms with Crippen molar-refractivity contribution in [3.8, 4) is 5.75 Å². The molecule has 0 aromatic heterocycles. The third-order valence-electron chi connectivity index (χ3n) is 4.66. The third-order valence-corrected chi connectivity index (χ3v) is 6.92. The van der Waals surface area contributed by atoms with Crippen LogP contribution in [0.25, 0.3) is 0 Å². The molecule has 0 unspecified atom stereocenters. The number of benzene rings is 2. The van der Waals surface area contributed by atoms with Gasteiger partial charge in [0.2, 0.25) is 10.0 Å². The third kappa shape index (κ3) is 5.75. The molecule has 1 amide bonds. The van der Waals surface area contributed by atoms with Gasteiger partial charge in [-0.2, -0.15) is 0 Å². The van der Waals surface area contributed by atoms with Crippen molar-refractivity contribution in [1.29, 1.82) is 0 Å². The number of amides is 1. The van der Waals surface area contributed by atoms with E-state index >= 15 is 0 Å². The lowest BCUT2D eigenvalue weighted by atomic mass is 10.2. The first-order chi connectivity index (χ1) is 14.4. The van der Waals surface area contributed by atoms with Gasteiger partial charge in [-0.15, -0.1) is 11.8 Å². The Morgan fingerprint density at radius 3 is 2.67 bits per heavy atom. The summed E-state index contributed by atoms with van der Waals surface area (Å²) in [5, 5.41) is 0. The molecular weight excluding hydrogens is 424 g/mol. The number of nitrogens with zero attached hydrogens (tertiary/aromatic N) is 1. The van der Waals surface area contributed by atoms with Crippen LogP contribution < -0.4 is 9.46 Å². The normalized spacial score (nSPS) is 14.5. The SMILES string of the molecule is CSc1ccc(S(=O)(=O)NCCOc2cccc(C)c2)cc1C(=O)N1CCOCC1. The second-order valence-corrected chi connectivity index (χ2v) is 9.44. The van der Waals surface area contributed by atoms with E-state index in [-0.39, 0.29) is 24.0 Å². The molecule has 3 rings (SSSR count). The molecule has 0 atom stereocenters. The molecule has 9 heteroatoms. The summed E-state index contributed by atoms with van der Waals surface area (Å²) >= 11 is 1.41. The Hall–Kier alpha value is -2.07. The summed E-state index contributed by atoms with van der Waals surface area (Å²) in [4.78, 5) is 15.4. The van der Waals surface area contributed by atoms with Crippen LogP contribution >= 0.6 is 11.8 Å². The van der Waals surface area contributed by atoms with Crippen LogP contribution in [0.3, 0.4) is 0 Å². The van der Waals surface area contributed by atoms with E-state index in [1.165, 1.54) is 23.9 Å². The fourth-order valence-electron chi connectivity index (χ4n) is 3.09. The molecule has 2 aromatic rings. The molecule has 1 N–H and O–H groups in total. The second kappa shape index (κ2) is 10.3. The van der Waals surface area contributed by atoms with E-state index in [0.717, 1.165) is 10.5 Å². The van der Waals surface area contributed by atoms with Crippen LogP contribution in [0, 0.1) is 6.92 Å². The molecular formula is C21H26N2O5S2. The minimum atomic E-state index is -3.77. The number of hydrogen-bond acceptors (Lipinski definition) is 6. The first-order valence-electron chi connectivity index (χ1n) is 9.65. The van der Waals surface area contributed by atoms with E-state index in [4.69, 9.17) is 9.47 Å². The Morgan fingerprint density at radius 2 is 1.97 bits per heavy atom. The summed E-state index contributed by atoms with van der Waals surface area (Å²) in [5.74, 6) is 0.513. The average molecular weight is 451 g/mol. The molecule has 30 heavy (non-hydrogen) atoms. The van der Waals surface area contributed by atoms with E-state index < -0.39 is 10.0 Å². The highest BCUT2D eigenvalue weighted by molar-refractivity contribution is 7.98. The molecule has 2 aromatic carbocycles. The molecule has 0 aliphatic carbocycles. The van der Waals surface area contributed by atoms with Gasteiger partial charge in [0.05, 0.1) is 23.7 Å². The largest absolute Gasteiger partial charge is 0.492 e. The summed E-state index contributed by atoms with van der Waals surface area (Å²) in [7, 11) is -3.77. The lowest BCUT2D eigenvalue weighted by Gasteiger charge is -2.27. The zero-order chi connectivity index (χ0) is 21.6. The second-order valence-electron chi connectivity index (χ2n) is 6.83. The Morgan fingerprint density at radius 1 is 1.20 bits per heavy atom. The predicted octanol–water partition coefficient (Wildman–Crippen LogP) is 2.55. The molecule has 1 saturated heterocycles. The number of aryl methyl sites for hydroxylation is 1. The topological polar surface area (TPSA) is 84.9 Å². The molecule has 1 fully saturated rings. The lowest BCUT2D eigenvalue weighted by Crippen LogP contribution is -2.41. The summed E-state index contributed by atoms with van der Waals surface area (Å²) < 4.78 is 38.9. The smallest absolute Gasteiger partial charge is 0.255 e. The van der Waals surface area contributed by atoms with Crippen LogP contribution in [0.5, 0.6) is 5.75 Å². The molecule has 1 aliphatic rings. The first kappa shape index (κ1) is 22.6. The van der Waals surface area contributed by atoms with E-state index in [9.17, 15) is 13.2 Å². The molecule has 1 heterocycles. The van der Waals surface area contributed by atoms with Crippen molar-refractivity contribution < 1.29 is 22.7 Å². The number of hydrogen-bond donors (Lipinski definition) is 1. The maximum Gasteiger partial charge on any atom is 0.255 e. The average Bonchev–Trinajstić information content (AvgIpc) is 2.76. The van der Waals surface area contributed by atoms with E-state index in [1.54, 1.807) is 11.0 Å². The number of morpholine rings is 1. The quantitative estimate of drug-likeness (QED) is 0.492. The highest BCUT2D eigenvalue weighted by Gasteiger charge is 2.24. The fraction of sp³-hybridized carbons (Fsp3) is 0.381. The maximum absolute atomic E-state index is 12.9. The number of nitrogens with one attached hydrogen (secondary N) is 1.